The number of nitrogens with one attached hydrogen (secondary N) is 1. The predicted octanol–water partition coefficient (Wildman–Crippen LogP) is 4.96. The number of thiocarbonyl (C=S) groups is 1. The van der Waals surface area contributed by atoms with Gasteiger partial charge in [-0.1, -0.05) is 40.9 Å². The Morgan fingerprint density at radius 3 is 2.46 bits per heavy atom. The zero-order valence-corrected chi connectivity index (χ0v) is 16.6. The highest BCUT2D eigenvalue weighted by Crippen LogP contribution is 2.35. The fourth-order valence-electron chi connectivity index (χ4n) is 1.80. The summed E-state index contributed by atoms with van der Waals surface area (Å²) in [4.78, 5) is 11.9. The second kappa shape index (κ2) is 8.36. The van der Waals surface area contributed by atoms with Gasteiger partial charge in [-0.05, 0) is 58.0 Å². The molecule has 0 aliphatic carbocycles. The number of halogens is 4. The molecule has 24 heavy (non-hydrogen) atoms. The minimum absolute atomic E-state index is 0.118. The van der Waals surface area contributed by atoms with Crippen molar-refractivity contribution in [1.29, 1.82) is 0 Å². The van der Waals surface area contributed by atoms with E-state index in [-0.39, 0.29) is 16.7 Å². The number of benzene rings is 2. The van der Waals surface area contributed by atoms with Crippen molar-refractivity contribution in [2.24, 2.45) is 5.73 Å². The molecule has 0 spiro atoms. The average Bonchev–Trinajstić information content (AvgIpc) is 2.49. The molecule has 3 N–H and O–H groups in total. The Labute approximate surface area is 167 Å². The first-order chi connectivity index (χ1) is 11.3. The third-order valence-electron chi connectivity index (χ3n) is 2.86. The maximum atomic E-state index is 11.9. The summed E-state index contributed by atoms with van der Waals surface area (Å²) in [6.07, 6.45) is 0. The number of carbonyl (C=O) groups excluding carboxylic acids is 1. The van der Waals surface area contributed by atoms with Gasteiger partial charge in [-0.15, -0.1) is 0 Å². The van der Waals surface area contributed by atoms with Crippen LogP contribution in [-0.4, -0.2) is 11.0 Å². The van der Waals surface area contributed by atoms with Gasteiger partial charge in [0.15, 0.2) is 10.9 Å². The third kappa shape index (κ3) is 4.97. The van der Waals surface area contributed by atoms with Crippen LogP contribution in [0.3, 0.4) is 0 Å². The lowest BCUT2D eigenvalue weighted by Gasteiger charge is -2.12. The summed E-state index contributed by atoms with van der Waals surface area (Å²) < 4.78 is 6.22. The Morgan fingerprint density at radius 2 is 1.88 bits per heavy atom. The van der Waals surface area contributed by atoms with Crippen LogP contribution in [0.1, 0.15) is 15.9 Å². The van der Waals surface area contributed by atoms with E-state index in [4.69, 9.17) is 45.3 Å². The van der Waals surface area contributed by atoms with E-state index in [1.54, 1.807) is 24.3 Å². The summed E-state index contributed by atoms with van der Waals surface area (Å²) >= 11 is 26.0. The van der Waals surface area contributed by atoms with Crippen LogP contribution in [0, 0.1) is 0 Å². The van der Waals surface area contributed by atoms with Gasteiger partial charge in [-0.25, -0.2) is 0 Å². The van der Waals surface area contributed by atoms with Crippen molar-refractivity contribution in [2.45, 2.75) is 6.61 Å². The third-order valence-corrected chi connectivity index (χ3v) is 4.58. The standard InChI is InChI=1S/C15H10BrCl3N2O2S/c16-9-4-8(14(22)21-15(20)24)5-12(19)13(9)23-6-7-1-2-10(17)11(18)3-7/h1-5H,6H2,(H3,20,21,22,24). The molecule has 126 valence electrons. The quantitative estimate of drug-likeness (QED) is 0.623. The SMILES string of the molecule is NC(=S)NC(=O)c1cc(Cl)c(OCc2ccc(Cl)c(Cl)c2)c(Br)c1. The zero-order chi connectivity index (χ0) is 17.9. The molecule has 0 bridgehead atoms. The van der Waals surface area contributed by atoms with Crippen molar-refractivity contribution in [3.8, 4) is 5.75 Å². The van der Waals surface area contributed by atoms with E-state index in [0.29, 0.717) is 25.8 Å². The molecule has 0 aliphatic rings. The van der Waals surface area contributed by atoms with E-state index in [1.165, 1.54) is 6.07 Å². The van der Waals surface area contributed by atoms with Gasteiger partial charge in [0.05, 0.1) is 19.5 Å². The molecular weight excluding hydrogens is 459 g/mol. The topological polar surface area (TPSA) is 64.3 Å². The lowest BCUT2D eigenvalue weighted by atomic mass is 10.2. The summed E-state index contributed by atoms with van der Waals surface area (Å²) in [5, 5.41) is 3.37. The van der Waals surface area contributed by atoms with E-state index >= 15 is 0 Å². The Kier molecular flexibility index (Phi) is 6.71. The molecule has 1 amide bonds. The van der Waals surface area contributed by atoms with Crippen LogP contribution in [0.15, 0.2) is 34.8 Å². The van der Waals surface area contributed by atoms with Gasteiger partial charge in [0.2, 0.25) is 0 Å². The molecule has 9 heteroatoms. The predicted molar refractivity (Wildman–Crippen MR) is 104 cm³/mol. The number of hydrogen-bond acceptors (Lipinski definition) is 3. The number of ether oxygens (including phenoxy) is 1. The second-order valence-corrected chi connectivity index (χ2v) is 7.14. The van der Waals surface area contributed by atoms with Crippen LogP contribution in [-0.2, 0) is 6.61 Å². The molecule has 0 saturated heterocycles. The second-order valence-electron chi connectivity index (χ2n) is 4.62. The Morgan fingerprint density at radius 1 is 1.17 bits per heavy atom. The first-order valence-corrected chi connectivity index (χ1v) is 8.78. The van der Waals surface area contributed by atoms with E-state index in [2.05, 4.69) is 33.5 Å². The van der Waals surface area contributed by atoms with Crippen molar-refractivity contribution in [3.05, 3.63) is 61.0 Å². The molecule has 2 aromatic rings. The zero-order valence-electron chi connectivity index (χ0n) is 11.9. The molecule has 0 atom stereocenters. The molecule has 0 aliphatic heterocycles. The van der Waals surface area contributed by atoms with Gasteiger partial charge in [0.25, 0.3) is 5.91 Å². The van der Waals surface area contributed by atoms with Crippen molar-refractivity contribution < 1.29 is 9.53 Å². The van der Waals surface area contributed by atoms with E-state index in [0.717, 1.165) is 5.56 Å². The summed E-state index contributed by atoms with van der Waals surface area (Å²) in [6.45, 7) is 0.230. The molecular formula is C15H10BrCl3N2O2S. The highest BCUT2D eigenvalue weighted by atomic mass is 79.9. The highest BCUT2D eigenvalue weighted by molar-refractivity contribution is 9.10. The number of carbonyl (C=O) groups is 1. The smallest absolute Gasteiger partial charge is 0.257 e. The van der Waals surface area contributed by atoms with Crippen molar-refractivity contribution in [3.63, 3.8) is 0 Å². The van der Waals surface area contributed by atoms with Gasteiger partial charge >= 0.3 is 0 Å². The highest BCUT2D eigenvalue weighted by Gasteiger charge is 2.14. The molecule has 0 heterocycles. The summed E-state index contributed by atoms with van der Waals surface area (Å²) in [7, 11) is 0. The fourth-order valence-corrected chi connectivity index (χ4v) is 3.17. The molecule has 0 radical (unpaired) electrons. The van der Waals surface area contributed by atoms with Crippen molar-refractivity contribution in [2.75, 3.05) is 0 Å². The van der Waals surface area contributed by atoms with E-state index < -0.39 is 5.91 Å². The molecule has 0 saturated carbocycles. The van der Waals surface area contributed by atoms with E-state index in [1.807, 2.05) is 0 Å². The maximum Gasteiger partial charge on any atom is 0.257 e. The van der Waals surface area contributed by atoms with Crippen LogP contribution in [0.25, 0.3) is 0 Å². The van der Waals surface area contributed by atoms with Crippen LogP contribution < -0.4 is 15.8 Å². The molecule has 0 fully saturated rings. The lowest BCUT2D eigenvalue weighted by molar-refractivity contribution is 0.0977. The van der Waals surface area contributed by atoms with Crippen LogP contribution in [0.2, 0.25) is 15.1 Å². The van der Waals surface area contributed by atoms with Crippen LogP contribution >= 0.6 is 63.0 Å². The number of amides is 1. The molecule has 2 aromatic carbocycles. The Bertz CT molecular complexity index is 794. The average molecular weight is 469 g/mol. The molecule has 0 aromatic heterocycles. The normalized spacial score (nSPS) is 10.3. The van der Waals surface area contributed by atoms with E-state index in [9.17, 15) is 4.79 Å². The summed E-state index contributed by atoms with van der Waals surface area (Å²) in [5.74, 6) is -0.0595. The summed E-state index contributed by atoms with van der Waals surface area (Å²) in [5.41, 5.74) is 6.40. The first kappa shape index (κ1) is 19.3. The fraction of sp³-hybridized carbons (Fsp3) is 0.0667. The van der Waals surface area contributed by atoms with Gasteiger partial charge < -0.3 is 10.5 Å². The van der Waals surface area contributed by atoms with Gasteiger partial charge in [0.1, 0.15) is 6.61 Å². The van der Waals surface area contributed by atoms with Crippen molar-refractivity contribution in [1.82, 2.24) is 5.32 Å². The molecule has 0 unspecified atom stereocenters. The monoisotopic (exact) mass is 466 g/mol. The molecule has 4 nitrogen and oxygen atoms in total. The van der Waals surface area contributed by atoms with Crippen LogP contribution in [0.5, 0.6) is 5.75 Å². The molecule has 2 rings (SSSR count). The Balaban J connectivity index is 2.17. The van der Waals surface area contributed by atoms with Gasteiger partial charge in [0, 0.05) is 5.56 Å². The number of hydrogen-bond donors (Lipinski definition) is 2. The number of nitrogens with two attached hydrogens (primary N) is 1. The maximum absolute atomic E-state index is 11.9. The minimum Gasteiger partial charge on any atom is -0.486 e. The van der Waals surface area contributed by atoms with Gasteiger partial charge in [-0.2, -0.15) is 0 Å². The Hall–Kier alpha value is -1.05. The number of rotatable bonds is 4. The van der Waals surface area contributed by atoms with Gasteiger partial charge in [-0.3, -0.25) is 10.1 Å². The lowest BCUT2D eigenvalue weighted by Crippen LogP contribution is -2.34. The summed E-state index contributed by atoms with van der Waals surface area (Å²) in [6, 6.07) is 8.20. The largest absolute Gasteiger partial charge is 0.486 e. The first-order valence-electron chi connectivity index (χ1n) is 6.44. The minimum atomic E-state index is -0.457. The van der Waals surface area contributed by atoms with Crippen molar-refractivity contribution >= 4 is 74.0 Å². The van der Waals surface area contributed by atoms with Crippen LogP contribution in [0.4, 0.5) is 0 Å².